The van der Waals surface area contributed by atoms with Gasteiger partial charge in [-0.15, -0.1) is 0 Å². The van der Waals surface area contributed by atoms with Crippen LogP contribution >= 0.6 is 0 Å². The molecule has 0 fully saturated rings. The molecule has 0 saturated carbocycles. The summed E-state index contributed by atoms with van der Waals surface area (Å²) in [5.41, 5.74) is 17.3. The standard InChI is InChI=1S/C54H35N3/c1-4-16-36(17-5-1)50-44-24-10-11-25-45(44)51(37-18-6-2-7-19-37)54-47-31-30-42(43-26-15-27-46(52(43)47)53(50)54)38-20-14-23-40(34-38)57(39-21-8-3-9-22-39)41-29-32-49(56-35-41)48-28-12-13-33-55-48/h1-35H. The fourth-order valence-corrected chi connectivity index (χ4v) is 8.88. The summed E-state index contributed by atoms with van der Waals surface area (Å²) < 4.78 is 0. The lowest BCUT2D eigenvalue weighted by molar-refractivity contribution is 1.21. The van der Waals surface area contributed by atoms with E-state index in [1.54, 1.807) is 6.20 Å². The zero-order chi connectivity index (χ0) is 37.7. The van der Waals surface area contributed by atoms with E-state index in [4.69, 9.17) is 4.98 Å². The molecule has 0 radical (unpaired) electrons. The Morgan fingerprint density at radius 2 is 0.860 bits per heavy atom. The lowest BCUT2D eigenvalue weighted by atomic mass is 9.82. The van der Waals surface area contributed by atoms with Crippen molar-refractivity contribution in [2.24, 2.45) is 0 Å². The molecular formula is C54H35N3. The molecule has 11 rings (SSSR count). The van der Waals surface area contributed by atoms with Gasteiger partial charge in [0.05, 0.1) is 23.3 Å². The number of hydrogen-bond acceptors (Lipinski definition) is 3. The van der Waals surface area contributed by atoms with Gasteiger partial charge in [-0.2, -0.15) is 0 Å². The topological polar surface area (TPSA) is 29.0 Å². The summed E-state index contributed by atoms with van der Waals surface area (Å²) in [5, 5.41) is 5.08. The molecule has 1 aliphatic rings. The quantitative estimate of drug-likeness (QED) is 0.164. The van der Waals surface area contributed by atoms with Gasteiger partial charge in [0.15, 0.2) is 0 Å². The molecule has 8 aromatic carbocycles. The van der Waals surface area contributed by atoms with Crippen LogP contribution in [0, 0.1) is 0 Å². The Kier molecular flexibility index (Phi) is 7.82. The second-order valence-electron chi connectivity index (χ2n) is 14.5. The van der Waals surface area contributed by atoms with E-state index in [1.807, 2.05) is 24.4 Å². The average molecular weight is 726 g/mol. The van der Waals surface area contributed by atoms with Gasteiger partial charge in [0.25, 0.3) is 0 Å². The van der Waals surface area contributed by atoms with Gasteiger partial charge in [0, 0.05) is 17.6 Å². The van der Waals surface area contributed by atoms with E-state index < -0.39 is 0 Å². The predicted octanol–water partition coefficient (Wildman–Crippen LogP) is 14.6. The molecule has 3 nitrogen and oxygen atoms in total. The molecule has 0 unspecified atom stereocenters. The van der Waals surface area contributed by atoms with Crippen LogP contribution in [0.2, 0.25) is 0 Å². The number of anilines is 3. The fourth-order valence-electron chi connectivity index (χ4n) is 8.88. The van der Waals surface area contributed by atoms with Crippen LogP contribution in [0.15, 0.2) is 213 Å². The van der Waals surface area contributed by atoms with Crippen molar-refractivity contribution in [3.8, 4) is 67.0 Å². The molecule has 2 heterocycles. The fraction of sp³-hybridized carbons (Fsp3) is 0. The average Bonchev–Trinajstić information content (AvgIpc) is 3.62. The van der Waals surface area contributed by atoms with Crippen molar-refractivity contribution in [3.63, 3.8) is 0 Å². The zero-order valence-electron chi connectivity index (χ0n) is 31.0. The molecule has 0 bridgehead atoms. The van der Waals surface area contributed by atoms with E-state index in [2.05, 4.69) is 192 Å². The van der Waals surface area contributed by atoms with Gasteiger partial charge in [0.2, 0.25) is 0 Å². The normalized spacial score (nSPS) is 11.5. The molecule has 0 spiro atoms. The number of fused-ring (bicyclic) bond motifs is 4. The highest BCUT2D eigenvalue weighted by Crippen LogP contribution is 2.58. The van der Waals surface area contributed by atoms with Gasteiger partial charge in [0.1, 0.15) is 0 Å². The third-order valence-corrected chi connectivity index (χ3v) is 11.3. The number of benzene rings is 8. The van der Waals surface area contributed by atoms with E-state index in [9.17, 15) is 0 Å². The molecule has 0 amide bonds. The van der Waals surface area contributed by atoms with E-state index in [1.165, 1.54) is 71.6 Å². The van der Waals surface area contributed by atoms with Crippen LogP contribution in [0.1, 0.15) is 0 Å². The van der Waals surface area contributed by atoms with Crippen LogP contribution in [-0.2, 0) is 0 Å². The molecule has 0 atom stereocenters. The first-order valence-corrected chi connectivity index (χ1v) is 19.4. The van der Waals surface area contributed by atoms with Crippen LogP contribution in [0.3, 0.4) is 0 Å². The maximum absolute atomic E-state index is 4.86. The summed E-state index contributed by atoms with van der Waals surface area (Å²) in [6.07, 6.45) is 3.75. The van der Waals surface area contributed by atoms with Crippen LogP contribution in [0.25, 0.3) is 88.6 Å². The van der Waals surface area contributed by atoms with Crippen LogP contribution in [-0.4, -0.2) is 9.97 Å². The van der Waals surface area contributed by atoms with E-state index >= 15 is 0 Å². The van der Waals surface area contributed by atoms with Gasteiger partial charge in [-0.25, -0.2) is 0 Å². The second-order valence-corrected chi connectivity index (χ2v) is 14.5. The van der Waals surface area contributed by atoms with E-state index in [0.717, 1.165) is 34.0 Å². The predicted molar refractivity (Wildman–Crippen MR) is 238 cm³/mol. The molecule has 1 aliphatic carbocycles. The molecule has 0 saturated heterocycles. The molecule has 10 aromatic rings. The molecule has 57 heavy (non-hydrogen) atoms. The minimum Gasteiger partial charge on any atom is -0.309 e. The Labute approximate surface area is 331 Å². The molecule has 3 heteroatoms. The highest BCUT2D eigenvalue weighted by atomic mass is 15.1. The smallest absolute Gasteiger partial charge is 0.0887 e. The van der Waals surface area contributed by atoms with Gasteiger partial charge < -0.3 is 4.90 Å². The van der Waals surface area contributed by atoms with E-state index in [-0.39, 0.29) is 0 Å². The van der Waals surface area contributed by atoms with Crippen LogP contribution in [0.5, 0.6) is 0 Å². The largest absolute Gasteiger partial charge is 0.309 e. The summed E-state index contributed by atoms with van der Waals surface area (Å²) in [6, 6.07) is 71.8. The van der Waals surface area contributed by atoms with Gasteiger partial charge in [-0.05, 0) is 126 Å². The third kappa shape index (κ3) is 5.43. The minimum atomic E-state index is 0.841. The van der Waals surface area contributed by atoms with Crippen molar-refractivity contribution in [1.82, 2.24) is 9.97 Å². The first kappa shape index (κ1) is 32.8. The van der Waals surface area contributed by atoms with Crippen molar-refractivity contribution < 1.29 is 0 Å². The summed E-state index contributed by atoms with van der Waals surface area (Å²) in [6.45, 7) is 0. The molecular weight excluding hydrogens is 691 g/mol. The third-order valence-electron chi connectivity index (χ3n) is 11.3. The number of hydrogen-bond donors (Lipinski definition) is 0. The summed E-state index contributed by atoms with van der Waals surface area (Å²) in [4.78, 5) is 11.7. The molecule has 266 valence electrons. The summed E-state index contributed by atoms with van der Waals surface area (Å²) in [5.74, 6) is 0. The Hall–Kier alpha value is -7.62. The number of aromatic nitrogens is 2. The van der Waals surface area contributed by atoms with Crippen molar-refractivity contribution in [2.45, 2.75) is 0 Å². The summed E-state index contributed by atoms with van der Waals surface area (Å²) >= 11 is 0. The lowest BCUT2D eigenvalue weighted by Gasteiger charge is -2.26. The number of nitrogens with zero attached hydrogens (tertiary/aromatic N) is 3. The number of para-hydroxylation sites is 1. The molecule has 2 aromatic heterocycles. The highest BCUT2D eigenvalue weighted by Gasteiger charge is 2.31. The number of rotatable bonds is 7. The maximum Gasteiger partial charge on any atom is 0.0887 e. The Bertz CT molecular complexity index is 3000. The van der Waals surface area contributed by atoms with E-state index in [0.29, 0.717) is 0 Å². The first-order chi connectivity index (χ1) is 28.3. The van der Waals surface area contributed by atoms with Gasteiger partial charge in [-0.1, -0.05) is 152 Å². The van der Waals surface area contributed by atoms with Gasteiger partial charge >= 0.3 is 0 Å². The monoisotopic (exact) mass is 725 g/mol. The SMILES string of the molecule is c1ccc(-c2c3c(c(-c4ccccc4)c4ccccc24)-c2ccc(-c4cccc(N(c5ccccc5)c5ccc(-c6ccccn6)nc5)c4)c4cccc-3c24)cc1. The van der Waals surface area contributed by atoms with Crippen molar-refractivity contribution in [2.75, 3.05) is 4.90 Å². The van der Waals surface area contributed by atoms with Gasteiger partial charge in [-0.3, -0.25) is 9.97 Å². The Morgan fingerprint density at radius 1 is 0.316 bits per heavy atom. The second kappa shape index (κ2) is 13.6. The van der Waals surface area contributed by atoms with Crippen LogP contribution < -0.4 is 4.90 Å². The molecule has 0 aliphatic heterocycles. The van der Waals surface area contributed by atoms with Crippen molar-refractivity contribution >= 4 is 38.6 Å². The Morgan fingerprint density at radius 3 is 1.51 bits per heavy atom. The van der Waals surface area contributed by atoms with Crippen molar-refractivity contribution in [3.05, 3.63) is 213 Å². The molecule has 0 N–H and O–H groups in total. The Balaban J connectivity index is 1.11. The first-order valence-electron chi connectivity index (χ1n) is 19.4. The lowest BCUT2D eigenvalue weighted by Crippen LogP contribution is -2.10. The minimum absolute atomic E-state index is 0.841. The summed E-state index contributed by atoms with van der Waals surface area (Å²) in [7, 11) is 0. The number of pyridine rings is 2. The zero-order valence-corrected chi connectivity index (χ0v) is 31.0. The maximum atomic E-state index is 4.86. The highest BCUT2D eigenvalue weighted by molar-refractivity contribution is 6.28. The van der Waals surface area contributed by atoms with Crippen molar-refractivity contribution in [1.29, 1.82) is 0 Å². The van der Waals surface area contributed by atoms with Crippen LogP contribution in [0.4, 0.5) is 17.1 Å².